The smallest absolute Gasteiger partial charge is 0.344 e. The summed E-state index contributed by atoms with van der Waals surface area (Å²) in [6, 6.07) is 6.75. The first kappa shape index (κ1) is 20.3. The zero-order valence-electron chi connectivity index (χ0n) is 15.2. The lowest BCUT2D eigenvalue weighted by molar-refractivity contribution is -0.145. The molecular weight excluding hydrogens is 370 g/mol. The first-order valence-corrected chi connectivity index (χ1v) is 9.40. The molecule has 0 aliphatic heterocycles. The molecule has 1 heterocycles. The molecule has 0 amide bonds. The van der Waals surface area contributed by atoms with Crippen LogP contribution in [0.25, 0.3) is 11.3 Å². The third kappa shape index (κ3) is 5.01. The van der Waals surface area contributed by atoms with Crippen LogP contribution in [-0.4, -0.2) is 42.0 Å². The highest BCUT2D eigenvalue weighted by Gasteiger charge is 2.16. The summed E-state index contributed by atoms with van der Waals surface area (Å²) in [6.07, 6.45) is 1.77. The number of carbonyl (C=O) groups excluding carboxylic acids is 1. The highest BCUT2D eigenvalue weighted by atomic mass is 32.2. The lowest BCUT2D eigenvalue weighted by Crippen LogP contribution is -2.15. The zero-order chi connectivity index (χ0) is 19.8. The van der Waals surface area contributed by atoms with E-state index in [1.54, 1.807) is 38.3 Å². The average Bonchev–Trinajstić information content (AvgIpc) is 2.66. The lowest BCUT2D eigenvalue weighted by Gasteiger charge is -2.13. The van der Waals surface area contributed by atoms with Crippen LogP contribution in [0.5, 0.6) is 11.5 Å². The Morgan fingerprint density at radius 1 is 1.26 bits per heavy atom. The second-order valence-corrected chi connectivity index (χ2v) is 5.89. The number of aromatic nitrogens is 2. The maximum Gasteiger partial charge on any atom is 0.344 e. The van der Waals surface area contributed by atoms with Crippen molar-refractivity contribution in [2.45, 2.75) is 19.0 Å². The molecule has 0 radical (unpaired) electrons. The van der Waals surface area contributed by atoms with Gasteiger partial charge in [0.2, 0.25) is 0 Å². The molecule has 0 saturated carbocycles. The summed E-state index contributed by atoms with van der Waals surface area (Å²) in [5, 5.41) is 9.72. The molecule has 0 aliphatic carbocycles. The van der Waals surface area contributed by atoms with Gasteiger partial charge in [-0.2, -0.15) is 5.26 Å². The predicted molar refractivity (Wildman–Crippen MR) is 100 cm³/mol. The van der Waals surface area contributed by atoms with Crippen LogP contribution in [0, 0.1) is 11.3 Å². The molecular formula is C18H19N3O5S. The van der Waals surface area contributed by atoms with E-state index in [4.69, 9.17) is 14.2 Å². The van der Waals surface area contributed by atoms with E-state index >= 15 is 0 Å². The minimum absolute atomic E-state index is 0.0876. The van der Waals surface area contributed by atoms with Crippen molar-refractivity contribution in [3.63, 3.8) is 0 Å². The topological polar surface area (TPSA) is 114 Å². The quantitative estimate of drug-likeness (QED) is 0.416. The molecule has 142 valence electrons. The van der Waals surface area contributed by atoms with Crippen LogP contribution < -0.4 is 15.0 Å². The van der Waals surface area contributed by atoms with Crippen LogP contribution in [0.4, 0.5) is 0 Å². The number of H-pyrrole nitrogens is 1. The Bertz CT molecular complexity index is 920. The van der Waals surface area contributed by atoms with Crippen molar-refractivity contribution in [2.24, 2.45) is 0 Å². The molecule has 27 heavy (non-hydrogen) atoms. The van der Waals surface area contributed by atoms with Gasteiger partial charge in [0, 0.05) is 5.56 Å². The molecule has 0 unspecified atom stereocenters. The van der Waals surface area contributed by atoms with Gasteiger partial charge in [-0.3, -0.25) is 4.79 Å². The molecule has 2 rings (SSSR count). The van der Waals surface area contributed by atoms with Crippen LogP contribution in [0.3, 0.4) is 0 Å². The Hall–Kier alpha value is -2.99. The van der Waals surface area contributed by atoms with Crippen molar-refractivity contribution in [2.75, 3.05) is 26.1 Å². The molecule has 1 aromatic carbocycles. The summed E-state index contributed by atoms with van der Waals surface area (Å²) in [7, 11) is 0. The van der Waals surface area contributed by atoms with Gasteiger partial charge in [0.1, 0.15) is 11.6 Å². The third-order valence-electron chi connectivity index (χ3n) is 3.37. The van der Waals surface area contributed by atoms with Gasteiger partial charge in [0.15, 0.2) is 23.3 Å². The molecule has 9 heteroatoms. The highest BCUT2D eigenvalue weighted by molar-refractivity contribution is 7.98. The Kier molecular flexibility index (Phi) is 7.25. The fraction of sp³-hybridized carbons (Fsp3) is 0.333. The maximum atomic E-state index is 12.1. The standard InChI is InChI=1S/C18H19N3O5S/c1-4-24-14-8-11(6-7-13(14)26-10-15(22)25-5-2)16-12(9-19)17(23)21-18(20-16)27-3/h6-8H,4-5,10H2,1-3H3,(H,20,21,23). The van der Waals surface area contributed by atoms with Gasteiger partial charge in [0.25, 0.3) is 5.56 Å². The van der Waals surface area contributed by atoms with E-state index in [-0.39, 0.29) is 24.5 Å². The minimum Gasteiger partial charge on any atom is -0.490 e. The second kappa shape index (κ2) is 9.64. The van der Waals surface area contributed by atoms with Crippen LogP contribution in [0.1, 0.15) is 19.4 Å². The zero-order valence-corrected chi connectivity index (χ0v) is 16.0. The Balaban J connectivity index is 2.44. The number of rotatable bonds is 8. The molecule has 0 fully saturated rings. The Morgan fingerprint density at radius 2 is 2.04 bits per heavy atom. The summed E-state index contributed by atoms with van der Waals surface area (Å²) < 4.78 is 15.9. The van der Waals surface area contributed by atoms with Crippen molar-refractivity contribution in [1.82, 2.24) is 9.97 Å². The van der Waals surface area contributed by atoms with Crippen molar-refractivity contribution in [3.05, 3.63) is 34.1 Å². The number of esters is 1. The lowest BCUT2D eigenvalue weighted by atomic mass is 10.1. The monoisotopic (exact) mass is 389 g/mol. The van der Waals surface area contributed by atoms with Crippen molar-refractivity contribution in [1.29, 1.82) is 5.26 Å². The second-order valence-electron chi connectivity index (χ2n) is 5.10. The molecule has 0 aliphatic rings. The summed E-state index contributed by atoms with van der Waals surface area (Å²) >= 11 is 1.26. The van der Waals surface area contributed by atoms with Crippen LogP contribution in [-0.2, 0) is 9.53 Å². The number of hydrogen-bond acceptors (Lipinski definition) is 8. The normalized spacial score (nSPS) is 10.1. The molecule has 0 spiro atoms. The number of thioether (sulfide) groups is 1. The molecule has 8 nitrogen and oxygen atoms in total. The van der Waals surface area contributed by atoms with Gasteiger partial charge in [-0.25, -0.2) is 9.78 Å². The van der Waals surface area contributed by atoms with Gasteiger partial charge < -0.3 is 19.2 Å². The number of benzene rings is 1. The van der Waals surface area contributed by atoms with Gasteiger partial charge in [0.05, 0.1) is 18.9 Å². The van der Waals surface area contributed by atoms with Gasteiger partial charge in [-0.1, -0.05) is 11.8 Å². The maximum absolute atomic E-state index is 12.1. The first-order valence-electron chi connectivity index (χ1n) is 8.18. The van der Waals surface area contributed by atoms with Gasteiger partial charge in [-0.05, 0) is 38.3 Å². The molecule has 1 aromatic heterocycles. The van der Waals surface area contributed by atoms with E-state index in [1.165, 1.54) is 11.8 Å². The number of nitrogens with one attached hydrogen (secondary N) is 1. The average molecular weight is 389 g/mol. The molecule has 0 atom stereocenters. The highest BCUT2D eigenvalue weighted by Crippen LogP contribution is 2.33. The van der Waals surface area contributed by atoms with E-state index in [0.717, 1.165) is 0 Å². The number of nitrogens with zero attached hydrogens (tertiary/aromatic N) is 2. The van der Waals surface area contributed by atoms with E-state index in [1.807, 2.05) is 6.07 Å². The van der Waals surface area contributed by atoms with Crippen molar-refractivity contribution >= 4 is 17.7 Å². The van der Waals surface area contributed by atoms with E-state index in [2.05, 4.69) is 9.97 Å². The third-order valence-corrected chi connectivity index (χ3v) is 3.95. The largest absolute Gasteiger partial charge is 0.490 e. The summed E-state index contributed by atoms with van der Waals surface area (Å²) in [5.41, 5.74) is 0.186. The molecule has 1 N–H and O–H groups in total. The molecule has 0 bridgehead atoms. The van der Waals surface area contributed by atoms with E-state index in [9.17, 15) is 14.9 Å². The fourth-order valence-electron chi connectivity index (χ4n) is 2.24. The summed E-state index contributed by atoms with van der Waals surface area (Å²) in [5.74, 6) is 0.231. The van der Waals surface area contributed by atoms with Crippen LogP contribution in [0.15, 0.2) is 28.2 Å². The summed E-state index contributed by atoms with van der Waals surface area (Å²) in [6.45, 7) is 3.89. The van der Waals surface area contributed by atoms with Crippen LogP contribution >= 0.6 is 11.8 Å². The minimum atomic E-state index is -0.507. The van der Waals surface area contributed by atoms with Gasteiger partial charge >= 0.3 is 5.97 Å². The number of nitriles is 1. The SMILES string of the molecule is CCOC(=O)COc1ccc(-c2nc(SC)[nH]c(=O)c2C#N)cc1OCC. The number of aromatic amines is 1. The fourth-order valence-corrected chi connectivity index (χ4v) is 2.62. The predicted octanol–water partition coefficient (Wildman–Crippen LogP) is 2.37. The van der Waals surface area contributed by atoms with Crippen molar-refractivity contribution in [3.8, 4) is 28.8 Å². The number of ether oxygens (including phenoxy) is 3. The molecule has 2 aromatic rings. The number of hydrogen-bond donors (Lipinski definition) is 1. The van der Waals surface area contributed by atoms with E-state index in [0.29, 0.717) is 28.8 Å². The number of carbonyl (C=O) groups is 1. The first-order chi connectivity index (χ1) is 13.0. The van der Waals surface area contributed by atoms with E-state index < -0.39 is 11.5 Å². The van der Waals surface area contributed by atoms with Gasteiger partial charge in [-0.15, -0.1) is 0 Å². The molecule has 0 saturated heterocycles. The Morgan fingerprint density at radius 3 is 2.67 bits per heavy atom. The van der Waals surface area contributed by atoms with Crippen LogP contribution in [0.2, 0.25) is 0 Å². The van der Waals surface area contributed by atoms with Crippen molar-refractivity contribution < 1.29 is 19.0 Å². The Labute approximate surface area is 160 Å². The summed E-state index contributed by atoms with van der Waals surface area (Å²) in [4.78, 5) is 30.5.